The fourth-order valence-electron chi connectivity index (χ4n) is 3.51. The van der Waals surface area contributed by atoms with Crippen molar-refractivity contribution in [2.75, 3.05) is 17.5 Å². The number of hydrogen-bond acceptors (Lipinski definition) is 4. The molecule has 0 aliphatic rings. The number of nitrogens with one attached hydrogen (secondary N) is 1. The largest absolute Gasteiger partial charge is 0.494 e. The molecule has 180 valence electrons. The van der Waals surface area contributed by atoms with Crippen LogP contribution in [0.4, 0.5) is 5.69 Å². The molecule has 0 radical (unpaired) electrons. The van der Waals surface area contributed by atoms with Crippen LogP contribution in [-0.4, -0.2) is 27.5 Å². The van der Waals surface area contributed by atoms with Gasteiger partial charge >= 0.3 is 0 Å². The third-order valence-corrected chi connectivity index (χ3v) is 7.66. The number of amides is 1. The van der Waals surface area contributed by atoms with E-state index in [2.05, 4.69) is 21.2 Å². The molecule has 0 aliphatic heterocycles. The Kier molecular flexibility index (Phi) is 8.74. The van der Waals surface area contributed by atoms with Gasteiger partial charge in [0.1, 0.15) is 12.3 Å². The van der Waals surface area contributed by atoms with E-state index in [0.717, 1.165) is 19.9 Å². The van der Waals surface area contributed by atoms with Gasteiger partial charge in [0.15, 0.2) is 0 Å². The van der Waals surface area contributed by atoms with Crippen LogP contribution in [0.5, 0.6) is 5.75 Å². The third-order valence-electron chi connectivity index (χ3n) is 5.35. The van der Waals surface area contributed by atoms with Gasteiger partial charge in [0.25, 0.3) is 10.0 Å². The molecule has 8 heteroatoms. The zero-order chi connectivity index (χ0) is 24.7. The van der Waals surface area contributed by atoms with Gasteiger partial charge in [0, 0.05) is 4.47 Å². The molecule has 0 unspecified atom stereocenters. The Hall–Kier alpha value is -2.84. The lowest BCUT2D eigenvalue weighted by Gasteiger charge is -2.26. The first kappa shape index (κ1) is 25.8. The molecule has 34 heavy (non-hydrogen) atoms. The molecular formula is C26H29BrN2O4S. The summed E-state index contributed by atoms with van der Waals surface area (Å²) in [5, 5.41) is 2.99. The maximum atomic E-state index is 13.6. The number of carbonyl (C=O) groups excluding carboxylic acids is 1. The second-order valence-electron chi connectivity index (χ2n) is 7.83. The number of rotatable bonds is 10. The van der Waals surface area contributed by atoms with Crippen LogP contribution in [0.15, 0.2) is 82.2 Å². The summed E-state index contributed by atoms with van der Waals surface area (Å²) in [6.07, 6.45) is 0.678. The summed E-state index contributed by atoms with van der Waals surface area (Å²) >= 11 is 3.33. The van der Waals surface area contributed by atoms with Gasteiger partial charge in [-0.1, -0.05) is 52.7 Å². The summed E-state index contributed by atoms with van der Waals surface area (Å²) in [5.74, 6) is 0.240. The Morgan fingerprint density at radius 1 is 0.971 bits per heavy atom. The van der Waals surface area contributed by atoms with E-state index in [1.54, 1.807) is 36.4 Å². The van der Waals surface area contributed by atoms with Gasteiger partial charge in [-0.2, -0.15) is 0 Å². The van der Waals surface area contributed by atoms with Crippen molar-refractivity contribution < 1.29 is 17.9 Å². The summed E-state index contributed by atoms with van der Waals surface area (Å²) in [6, 6.07) is 20.8. The highest BCUT2D eigenvalue weighted by Gasteiger charge is 2.28. The minimum Gasteiger partial charge on any atom is -0.494 e. The summed E-state index contributed by atoms with van der Waals surface area (Å²) < 4.78 is 34.5. The normalized spacial score (nSPS) is 12.1. The van der Waals surface area contributed by atoms with Crippen molar-refractivity contribution in [2.45, 2.75) is 38.1 Å². The van der Waals surface area contributed by atoms with Crippen molar-refractivity contribution >= 4 is 37.5 Å². The number of nitrogens with zero attached hydrogens (tertiary/aromatic N) is 1. The Morgan fingerprint density at radius 2 is 1.59 bits per heavy atom. The second kappa shape index (κ2) is 11.5. The minimum absolute atomic E-state index is 0.1000. The standard InChI is InChI=1S/C26H29BrN2O4S/c1-4-25(20-8-6-19(3)7-9-20)28-26(30)18-29(22-12-14-23(15-13-22)33-5-2)34(31,32)24-16-10-21(27)11-17-24/h6-17,25H,4-5,18H2,1-3H3,(H,28,30)/t25-/m1/s1. The smallest absolute Gasteiger partial charge is 0.264 e. The van der Waals surface area contributed by atoms with E-state index < -0.39 is 10.0 Å². The van der Waals surface area contributed by atoms with Crippen molar-refractivity contribution in [3.05, 3.63) is 88.4 Å². The average molecular weight is 545 g/mol. The second-order valence-corrected chi connectivity index (χ2v) is 10.6. The number of ether oxygens (including phenoxy) is 1. The number of benzene rings is 3. The molecule has 0 heterocycles. The lowest BCUT2D eigenvalue weighted by Crippen LogP contribution is -2.42. The van der Waals surface area contributed by atoms with Crippen LogP contribution in [0.25, 0.3) is 0 Å². The van der Waals surface area contributed by atoms with E-state index in [9.17, 15) is 13.2 Å². The van der Waals surface area contributed by atoms with Crippen LogP contribution in [0.2, 0.25) is 0 Å². The van der Waals surface area contributed by atoms with Crippen LogP contribution >= 0.6 is 15.9 Å². The quantitative estimate of drug-likeness (QED) is 0.359. The first-order valence-electron chi connectivity index (χ1n) is 11.1. The molecule has 0 saturated carbocycles. The minimum atomic E-state index is -3.99. The maximum absolute atomic E-state index is 13.6. The molecule has 1 N–H and O–H groups in total. The van der Waals surface area contributed by atoms with E-state index in [-0.39, 0.29) is 23.4 Å². The van der Waals surface area contributed by atoms with Gasteiger partial charge in [-0.15, -0.1) is 0 Å². The van der Waals surface area contributed by atoms with E-state index >= 15 is 0 Å². The molecule has 0 bridgehead atoms. The number of sulfonamides is 1. The zero-order valence-electron chi connectivity index (χ0n) is 19.5. The van der Waals surface area contributed by atoms with Crippen LogP contribution in [0.1, 0.15) is 37.4 Å². The monoisotopic (exact) mass is 544 g/mol. The van der Waals surface area contributed by atoms with Crippen LogP contribution in [0, 0.1) is 6.92 Å². The fraction of sp³-hybridized carbons (Fsp3) is 0.269. The predicted octanol–water partition coefficient (Wildman–Crippen LogP) is 5.62. The number of halogens is 1. The number of aryl methyl sites for hydroxylation is 1. The van der Waals surface area contributed by atoms with Crippen molar-refractivity contribution in [3.8, 4) is 5.75 Å². The highest BCUT2D eigenvalue weighted by Crippen LogP contribution is 2.27. The van der Waals surface area contributed by atoms with Crippen molar-refractivity contribution in [1.29, 1.82) is 0 Å². The van der Waals surface area contributed by atoms with Crippen LogP contribution in [-0.2, 0) is 14.8 Å². The van der Waals surface area contributed by atoms with E-state index in [4.69, 9.17) is 4.74 Å². The average Bonchev–Trinajstić information content (AvgIpc) is 2.83. The fourth-order valence-corrected chi connectivity index (χ4v) is 5.20. The molecule has 1 amide bonds. The van der Waals surface area contributed by atoms with Crippen molar-refractivity contribution in [2.24, 2.45) is 0 Å². The van der Waals surface area contributed by atoms with Gasteiger partial charge in [0.2, 0.25) is 5.91 Å². The number of carbonyl (C=O) groups is 1. The van der Waals surface area contributed by atoms with Crippen molar-refractivity contribution in [3.63, 3.8) is 0 Å². The molecule has 1 atom stereocenters. The topological polar surface area (TPSA) is 75.7 Å². The maximum Gasteiger partial charge on any atom is 0.264 e. The summed E-state index contributed by atoms with van der Waals surface area (Å²) in [7, 11) is -3.99. The van der Waals surface area contributed by atoms with Gasteiger partial charge < -0.3 is 10.1 Å². The zero-order valence-corrected chi connectivity index (χ0v) is 21.9. The Labute approximate surface area is 210 Å². The van der Waals surface area contributed by atoms with E-state index in [1.807, 2.05) is 45.0 Å². The molecule has 3 aromatic carbocycles. The van der Waals surface area contributed by atoms with E-state index in [0.29, 0.717) is 24.5 Å². The van der Waals surface area contributed by atoms with Gasteiger partial charge in [-0.05, 0) is 74.4 Å². The lowest BCUT2D eigenvalue weighted by atomic mass is 10.0. The van der Waals surface area contributed by atoms with E-state index in [1.165, 1.54) is 12.1 Å². The molecule has 0 aromatic heterocycles. The van der Waals surface area contributed by atoms with Gasteiger partial charge in [-0.3, -0.25) is 9.10 Å². The molecule has 6 nitrogen and oxygen atoms in total. The van der Waals surface area contributed by atoms with Crippen molar-refractivity contribution in [1.82, 2.24) is 5.32 Å². The SMILES string of the molecule is CCOc1ccc(N(CC(=O)N[C@H](CC)c2ccc(C)cc2)S(=O)(=O)c2ccc(Br)cc2)cc1. The molecule has 0 aliphatic carbocycles. The predicted molar refractivity (Wildman–Crippen MR) is 139 cm³/mol. The Bertz CT molecular complexity index is 1200. The molecule has 3 aromatic rings. The highest BCUT2D eigenvalue weighted by atomic mass is 79.9. The summed E-state index contributed by atoms with van der Waals surface area (Å²) in [6.45, 7) is 6.01. The third kappa shape index (κ3) is 6.39. The molecule has 0 saturated heterocycles. The first-order chi connectivity index (χ1) is 16.2. The molecule has 0 fully saturated rings. The van der Waals surface area contributed by atoms with Crippen LogP contribution < -0.4 is 14.4 Å². The molecule has 3 rings (SSSR count). The lowest BCUT2D eigenvalue weighted by molar-refractivity contribution is -0.120. The Balaban J connectivity index is 1.90. The molecule has 0 spiro atoms. The van der Waals surface area contributed by atoms with Crippen LogP contribution in [0.3, 0.4) is 0 Å². The highest BCUT2D eigenvalue weighted by molar-refractivity contribution is 9.10. The summed E-state index contributed by atoms with van der Waals surface area (Å²) in [4.78, 5) is 13.2. The molecular weight excluding hydrogens is 516 g/mol. The number of hydrogen-bond donors (Lipinski definition) is 1. The Morgan fingerprint density at radius 3 is 2.15 bits per heavy atom. The first-order valence-corrected chi connectivity index (χ1v) is 13.3. The van der Waals surface area contributed by atoms with Gasteiger partial charge in [0.05, 0.1) is 23.2 Å². The van der Waals surface area contributed by atoms with Gasteiger partial charge in [-0.25, -0.2) is 8.42 Å². The number of anilines is 1. The summed E-state index contributed by atoms with van der Waals surface area (Å²) in [5.41, 5.74) is 2.49.